The maximum atomic E-state index is 9.72. The first-order chi connectivity index (χ1) is 5.84. The summed E-state index contributed by atoms with van der Waals surface area (Å²) in [5.74, 6) is 0.437. The van der Waals surface area contributed by atoms with E-state index in [1.54, 1.807) is 0 Å². The molecule has 1 rings (SSSR count). The minimum absolute atomic E-state index is 0.118. The lowest BCUT2D eigenvalue weighted by molar-refractivity contribution is 0.0951. The molecule has 68 valence electrons. The van der Waals surface area contributed by atoms with Gasteiger partial charge in [-0.3, -0.25) is 0 Å². The van der Waals surface area contributed by atoms with Gasteiger partial charge in [-0.25, -0.2) is 0 Å². The molecule has 2 atom stereocenters. The molecule has 0 saturated carbocycles. The summed E-state index contributed by atoms with van der Waals surface area (Å²) in [6.07, 6.45) is 11.3. The van der Waals surface area contributed by atoms with Gasteiger partial charge in [-0.2, -0.15) is 0 Å². The smallest absolute Gasteiger partial charge is 0.0574 e. The summed E-state index contributed by atoms with van der Waals surface area (Å²) >= 11 is 0. The van der Waals surface area contributed by atoms with Gasteiger partial charge in [0, 0.05) is 0 Å². The molecule has 0 aliphatic heterocycles. The molecule has 0 saturated heterocycles. The molecular weight excluding hydrogens is 148 g/mol. The van der Waals surface area contributed by atoms with Crippen molar-refractivity contribution in [2.24, 2.45) is 5.92 Å². The van der Waals surface area contributed by atoms with Crippen LogP contribution in [0.2, 0.25) is 0 Å². The second-order valence-electron chi connectivity index (χ2n) is 3.48. The zero-order chi connectivity index (χ0) is 8.81. The van der Waals surface area contributed by atoms with Crippen molar-refractivity contribution in [3.63, 3.8) is 0 Å². The van der Waals surface area contributed by atoms with Crippen LogP contribution in [0.3, 0.4) is 0 Å². The average molecular weight is 166 g/mol. The largest absolute Gasteiger partial charge is 0.393 e. The molecule has 0 fully saturated rings. The molecule has 12 heavy (non-hydrogen) atoms. The lowest BCUT2D eigenvalue weighted by Crippen LogP contribution is -2.20. The molecule has 1 nitrogen and oxygen atoms in total. The fraction of sp³-hybridized carbons (Fsp3) is 0.636. The molecule has 1 aliphatic carbocycles. The first-order valence-electron chi connectivity index (χ1n) is 4.78. The van der Waals surface area contributed by atoms with Crippen molar-refractivity contribution in [1.82, 2.24) is 0 Å². The van der Waals surface area contributed by atoms with Gasteiger partial charge in [-0.1, -0.05) is 18.2 Å². The van der Waals surface area contributed by atoms with Crippen molar-refractivity contribution in [2.45, 2.75) is 38.2 Å². The number of aliphatic hydroxyl groups is 1. The van der Waals surface area contributed by atoms with E-state index in [9.17, 15) is 5.11 Å². The summed E-state index contributed by atoms with van der Waals surface area (Å²) in [5, 5.41) is 9.72. The van der Waals surface area contributed by atoms with E-state index >= 15 is 0 Å². The van der Waals surface area contributed by atoms with Crippen molar-refractivity contribution < 1.29 is 5.11 Å². The summed E-state index contributed by atoms with van der Waals surface area (Å²) in [6, 6.07) is 0. The van der Waals surface area contributed by atoms with E-state index in [1.165, 1.54) is 0 Å². The molecule has 0 aromatic heterocycles. The average Bonchev–Trinajstić information content (AvgIpc) is 2.05. The highest BCUT2D eigenvalue weighted by Crippen LogP contribution is 2.22. The van der Waals surface area contributed by atoms with Crippen molar-refractivity contribution >= 4 is 0 Å². The molecule has 0 amide bonds. The van der Waals surface area contributed by atoms with E-state index in [2.05, 4.69) is 18.7 Å². The van der Waals surface area contributed by atoms with E-state index in [4.69, 9.17) is 0 Å². The van der Waals surface area contributed by atoms with Gasteiger partial charge in [0.25, 0.3) is 0 Å². The van der Waals surface area contributed by atoms with E-state index in [0.29, 0.717) is 5.92 Å². The Hall–Kier alpha value is -0.560. The summed E-state index contributed by atoms with van der Waals surface area (Å²) in [6.45, 7) is 3.71. The highest BCUT2D eigenvalue weighted by Gasteiger charge is 2.17. The Balaban J connectivity index is 2.45. The molecule has 0 aromatic rings. The third kappa shape index (κ3) is 2.82. The third-order valence-corrected chi connectivity index (χ3v) is 2.51. The van der Waals surface area contributed by atoms with E-state index in [1.807, 2.05) is 6.08 Å². The summed E-state index contributed by atoms with van der Waals surface area (Å²) in [7, 11) is 0. The van der Waals surface area contributed by atoms with Crippen LogP contribution >= 0.6 is 0 Å². The predicted octanol–water partition coefficient (Wildman–Crippen LogP) is 2.67. The van der Waals surface area contributed by atoms with Crippen molar-refractivity contribution in [1.29, 1.82) is 0 Å². The molecule has 1 N–H and O–H groups in total. The van der Waals surface area contributed by atoms with Crippen LogP contribution in [0.25, 0.3) is 0 Å². The Morgan fingerprint density at radius 1 is 1.33 bits per heavy atom. The SMILES string of the molecule is C=CCC1CC/C=C\CCC1O. The van der Waals surface area contributed by atoms with Crippen molar-refractivity contribution in [2.75, 3.05) is 0 Å². The standard InChI is InChI=1S/C11H18O/c1-2-7-10-8-5-3-4-6-9-11(10)12/h2-4,10-12H,1,5-9H2/b4-3-. The van der Waals surface area contributed by atoms with Crippen LogP contribution in [-0.2, 0) is 0 Å². The second-order valence-corrected chi connectivity index (χ2v) is 3.48. The van der Waals surface area contributed by atoms with Crippen LogP contribution in [0.1, 0.15) is 32.1 Å². The van der Waals surface area contributed by atoms with E-state index in [-0.39, 0.29) is 6.10 Å². The van der Waals surface area contributed by atoms with Crippen LogP contribution in [0, 0.1) is 5.92 Å². The Morgan fingerprint density at radius 3 is 2.67 bits per heavy atom. The van der Waals surface area contributed by atoms with E-state index in [0.717, 1.165) is 32.1 Å². The van der Waals surface area contributed by atoms with Crippen molar-refractivity contribution in [3.05, 3.63) is 24.8 Å². The van der Waals surface area contributed by atoms with Gasteiger partial charge in [0.05, 0.1) is 6.10 Å². The fourth-order valence-corrected chi connectivity index (χ4v) is 1.73. The van der Waals surface area contributed by atoms with Gasteiger partial charge in [-0.05, 0) is 38.0 Å². The number of hydrogen-bond donors (Lipinski definition) is 1. The summed E-state index contributed by atoms with van der Waals surface area (Å²) in [5.41, 5.74) is 0. The minimum atomic E-state index is -0.118. The number of hydrogen-bond acceptors (Lipinski definition) is 1. The number of rotatable bonds is 2. The summed E-state index contributed by atoms with van der Waals surface area (Å²) < 4.78 is 0. The van der Waals surface area contributed by atoms with Crippen molar-refractivity contribution in [3.8, 4) is 0 Å². The van der Waals surface area contributed by atoms with Crippen LogP contribution in [0.4, 0.5) is 0 Å². The van der Waals surface area contributed by atoms with Crippen LogP contribution in [0.5, 0.6) is 0 Å². The highest BCUT2D eigenvalue weighted by atomic mass is 16.3. The molecule has 0 spiro atoms. The lowest BCUT2D eigenvalue weighted by Gasteiger charge is -2.22. The normalized spacial score (nSPS) is 33.4. The van der Waals surface area contributed by atoms with E-state index < -0.39 is 0 Å². The quantitative estimate of drug-likeness (QED) is 0.625. The first-order valence-corrected chi connectivity index (χ1v) is 4.78. The monoisotopic (exact) mass is 166 g/mol. The van der Waals surface area contributed by atoms with Crippen LogP contribution < -0.4 is 0 Å². The van der Waals surface area contributed by atoms with Crippen LogP contribution in [0.15, 0.2) is 24.8 Å². The maximum Gasteiger partial charge on any atom is 0.0574 e. The molecule has 0 radical (unpaired) electrons. The van der Waals surface area contributed by atoms with Gasteiger partial charge < -0.3 is 5.11 Å². The zero-order valence-corrected chi connectivity index (χ0v) is 7.58. The van der Waals surface area contributed by atoms with Crippen LogP contribution in [-0.4, -0.2) is 11.2 Å². The Labute approximate surface area is 74.8 Å². The molecule has 0 aromatic carbocycles. The molecule has 0 bridgehead atoms. The third-order valence-electron chi connectivity index (χ3n) is 2.51. The number of allylic oxidation sites excluding steroid dienone is 3. The predicted molar refractivity (Wildman–Crippen MR) is 51.9 cm³/mol. The highest BCUT2D eigenvalue weighted by molar-refractivity contribution is 4.89. The first kappa shape index (κ1) is 9.53. The van der Waals surface area contributed by atoms with Gasteiger partial charge >= 0.3 is 0 Å². The lowest BCUT2D eigenvalue weighted by atomic mass is 9.89. The summed E-state index contributed by atoms with van der Waals surface area (Å²) in [4.78, 5) is 0. The Morgan fingerprint density at radius 2 is 2.00 bits per heavy atom. The Kier molecular flexibility index (Phi) is 4.09. The molecule has 1 heteroatoms. The minimum Gasteiger partial charge on any atom is -0.393 e. The fourth-order valence-electron chi connectivity index (χ4n) is 1.73. The second kappa shape index (κ2) is 5.15. The Bertz CT molecular complexity index is 160. The van der Waals surface area contributed by atoms with Gasteiger partial charge in [0.1, 0.15) is 0 Å². The number of aliphatic hydroxyl groups excluding tert-OH is 1. The molecule has 0 heterocycles. The zero-order valence-electron chi connectivity index (χ0n) is 7.58. The van der Waals surface area contributed by atoms with Gasteiger partial charge in [0.2, 0.25) is 0 Å². The molecule has 2 unspecified atom stereocenters. The molecule has 1 aliphatic rings. The van der Waals surface area contributed by atoms with Gasteiger partial charge in [-0.15, -0.1) is 6.58 Å². The van der Waals surface area contributed by atoms with Gasteiger partial charge in [0.15, 0.2) is 0 Å². The topological polar surface area (TPSA) is 20.2 Å². The molecular formula is C11H18O. The maximum absolute atomic E-state index is 9.72.